The number of hydrogen-bond donors (Lipinski definition) is 2. The lowest BCUT2D eigenvalue weighted by Gasteiger charge is -2.09. The number of aromatic nitrogens is 1. The van der Waals surface area contributed by atoms with Crippen LogP contribution in [0.1, 0.15) is 17.7 Å². The first-order valence-corrected chi connectivity index (χ1v) is 3.98. The minimum absolute atomic E-state index is 0.0836. The van der Waals surface area contributed by atoms with E-state index in [2.05, 4.69) is 4.98 Å². The molecule has 0 unspecified atom stereocenters. The Labute approximate surface area is 78.7 Å². The van der Waals surface area contributed by atoms with E-state index in [4.69, 9.17) is 23.1 Å². The zero-order chi connectivity index (χ0) is 10.0. The molecular weight excluding hydrogens is 200 g/mol. The van der Waals surface area contributed by atoms with E-state index in [0.717, 1.165) is 6.20 Å². The van der Waals surface area contributed by atoms with E-state index in [1.807, 2.05) is 0 Å². The average Bonchev–Trinajstić information content (AvgIpc) is 2.09. The summed E-state index contributed by atoms with van der Waals surface area (Å²) in [5.41, 5.74) is 10.8. The van der Waals surface area contributed by atoms with Gasteiger partial charge in [0.05, 0.1) is 23.5 Å². The van der Waals surface area contributed by atoms with Gasteiger partial charge >= 0.3 is 0 Å². The fourth-order valence-corrected chi connectivity index (χ4v) is 1.21. The number of nitrogens with zero attached hydrogens (tertiary/aromatic N) is 1. The molecule has 0 radical (unpaired) electrons. The third kappa shape index (κ3) is 1.80. The normalized spacial score (nSPS) is 10.8. The van der Waals surface area contributed by atoms with E-state index in [9.17, 15) is 8.78 Å². The van der Waals surface area contributed by atoms with Crippen molar-refractivity contribution in [3.63, 3.8) is 0 Å². The number of pyridine rings is 1. The zero-order valence-corrected chi connectivity index (χ0v) is 7.35. The van der Waals surface area contributed by atoms with Gasteiger partial charge in [-0.2, -0.15) is 0 Å². The lowest BCUT2D eigenvalue weighted by Crippen LogP contribution is -2.05. The SMILES string of the molecule is Nc1cnc(C(F)F)c(CCl)c1N. The molecular formula is C7H8ClF2N3. The third-order valence-corrected chi connectivity index (χ3v) is 1.90. The number of anilines is 2. The Morgan fingerprint density at radius 3 is 2.54 bits per heavy atom. The summed E-state index contributed by atoms with van der Waals surface area (Å²) < 4.78 is 24.6. The van der Waals surface area contributed by atoms with Crippen LogP contribution in [0.25, 0.3) is 0 Å². The van der Waals surface area contributed by atoms with Crippen molar-refractivity contribution in [1.82, 2.24) is 4.98 Å². The van der Waals surface area contributed by atoms with Crippen LogP contribution in [-0.4, -0.2) is 4.98 Å². The number of nitrogen functional groups attached to an aromatic ring is 2. The Hall–Kier alpha value is -1.10. The van der Waals surface area contributed by atoms with Gasteiger partial charge in [-0.15, -0.1) is 11.6 Å². The van der Waals surface area contributed by atoms with Gasteiger partial charge < -0.3 is 11.5 Å². The first-order valence-electron chi connectivity index (χ1n) is 3.44. The number of halogens is 3. The van der Waals surface area contributed by atoms with Crippen LogP contribution in [0.4, 0.5) is 20.2 Å². The summed E-state index contributed by atoms with van der Waals surface area (Å²) in [6.07, 6.45) is -1.58. The molecule has 0 spiro atoms. The fourth-order valence-electron chi connectivity index (χ4n) is 0.927. The van der Waals surface area contributed by atoms with Gasteiger partial charge in [0.15, 0.2) is 0 Å². The minimum atomic E-state index is -2.68. The molecule has 13 heavy (non-hydrogen) atoms. The highest BCUT2D eigenvalue weighted by atomic mass is 35.5. The number of alkyl halides is 3. The van der Waals surface area contributed by atoms with Gasteiger partial charge in [-0.25, -0.2) is 8.78 Å². The van der Waals surface area contributed by atoms with Crippen molar-refractivity contribution < 1.29 is 8.78 Å². The van der Waals surface area contributed by atoms with Gasteiger partial charge in [0.2, 0.25) is 0 Å². The van der Waals surface area contributed by atoms with Crippen molar-refractivity contribution in [1.29, 1.82) is 0 Å². The topological polar surface area (TPSA) is 64.9 Å². The molecule has 1 heterocycles. The Balaban J connectivity index is 3.30. The predicted molar refractivity (Wildman–Crippen MR) is 47.6 cm³/mol. The lowest BCUT2D eigenvalue weighted by atomic mass is 10.1. The summed E-state index contributed by atoms with van der Waals surface area (Å²) in [4.78, 5) is 3.47. The maximum atomic E-state index is 12.3. The van der Waals surface area contributed by atoms with Crippen LogP contribution in [0.5, 0.6) is 0 Å². The van der Waals surface area contributed by atoms with Gasteiger partial charge in [0.25, 0.3) is 6.43 Å². The Kier molecular flexibility index (Phi) is 2.87. The van der Waals surface area contributed by atoms with E-state index >= 15 is 0 Å². The van der Waals surface area contributed by atoms with Crippen LogP contribution in [0.15, 0.2) is 6.20 Å². The molecule has 6 heteroatoms. The smallest absolute Gasteiger partial charge is 0.280 e. The van der Waals surface area contributed by atoms with Crippen LogP contribution in [0, 0.1) is 0 Å². The van der Waals surface area contributed by atoms with Crippen molar-refractivity contribution in [2.45, 2.75) is 12.3 Å². The molecule has 0 aliphatic carbocycles. The summed E-state index contributed by atoms with van der Waals surface area (Å²) >= 11 is 5.44. The van der Waals surface area contributed by atoms with Crippen molar-refractivity contribution in [2.24, 2.45) is 0 Å². The van der Waals surface area contributed by atoms with Crippen LogP contribution < -0.4 is 11.5 Å². The molecule has 0 fully saturated rings. The van der Waals surface area contributed by atoms with Crippen LogP contribution in [0.2, 0.25) is 0 Å². The van der Waals surface area contributed by atoms with Gasteiger partial charge in [0.1, 0.15) is 5.69 Å². The van der Waals surface area contributed by atoms with Crippen LogP contribution >= 0.6 is 11.6 Å². The highest BCUT2D eigenvalue weighted by molar-refractivity contribution is 6.17. The fraction of sp³-hybridized carbons (Fsp3) is 0.286. The van der Waals surface area contributed by atoms with Crippen molar-refractivity contribution in [2.75, 3.05) is 11.5 Å². The molecule has 1 rings (SSSR count). The number of hydrogen-bond acceptors (Lipinski definition) is 3. The Morgan fingerprint density at radius 1 is 1.46 bits per heavy atom. The second-order valence-corrected chi connectivity index (χ2v) is 2.69. The quantitative estimate of drug-likeness (QED) is 0.729. The van der Waals surface area contributed by atoms with Gasteiger partial charge in [-0.3, -0.25) is 4.98 Å². The second-order valence-electron chi connectivity index (χ2n) is 2.43. The third-order valence-electron chi connectivity index (χ3n) is 1.63. The average molecular weight is 208 g/mol. The molecule has 0 amide bonds. The Bertz CT molecular complexity index is 317. The highest BCUT2D eigenvalue weighted by Gasteiger charge is 2.17. The van der Waals surface area contributed by atoms with E-state index < -0.39 is 12.1 Å². The zero-order valence-electron chi connectivity index (χ0n) is 6.60. The van der Waals surface area contributed by atoms with Gasteiger partial charge in [0, 0.05) is 5.56 Å². The molecule has 1 aromatic heterocycles. The molecule has 1 aromatic rings. The van der Waals surface area contributed by atoms with E-state index in [0.29, 0.717) is 0 Å². The molecule has 72 valence electrons. The van der Waals surface area contributed by atoms with Gasteiger partial charge in [-0.1, -0.05) is 0 Å². The predicted octanol–water partition coefficient (Wildman–Crippen LogP) is 1.92. The molecule has 4 N–H and O–H groups in total. The molecule has 0 aromatic carbocycles. The second kappa shape index (κ2) is 3.74. The maximum absolute atomic E-state index is 12.3. The maximum Gasteiger partial charge on any atom is 0.280 e. The van der Waals surface area contributed by atoms with Crippen molar-refractivity contribution >= 4 is 23.0 Å². The molecule has 0 aliphatic rings. The molecule has 0 saturated carbocycles. The molecule has 3 nitrogen and oxygen atoms in total. The first-order chi connectivity index (χ1) is 6.07. The van der Waals surface area contributed by atoms with E-state index in [1.54, 1.807) is 0 Å². The van der Waals surface area contributed by atoms with Crippen LogP contribution in [-0.2, 0) is 5.88 Å². The molecule has 0 saturated heterocycles. The summed E-state index contributed by atoms with van der Waals surface area (Å²) in [7, 11) is 0. The van der Waals surface area contributed by atoms with E-state index in [-0.39, 0.29) is 22.8 Å². The highest BCUT2D eigenvalue weighted by Crippen LogP contribution is 2.29. The molecule has 0 atom stereocenters. The van der Waals surface area contributed by atoms with Gasteiger partial charge in [-0.05, 0) is 0 Å². The minimum Gasteiger partial charge on any atom is -0.397 e. The first kappa shape index (κ1) is 9.98. The molecule has 0 bridgehead atoms. The standard InChI is InChI=1S/C7H8ClF2N3/c8-1-3-5(12)4(11)2-13-6(3)7(9)10/h2,7H,1,11H2,(H2,12,13). The summed E-state index contributed by atoms with van der Waals surface area (Å²) in [5, 5.41) is 0. The number of nitrogens with two attached hydrogens (primary N) is 2. The van der Waals surface area contributed by atoms with Crippen molar-refractivity contribution in [3.05, 3.63) is 17.5 Å². The van der Waals surface area contributed by atoms with Crippen molar-refractivity contribution in [3.8, 4) is 0 Å². The largest absolute Gasteiger partial charge is 0.397 e. The number of rotatable bonds is 2. The summed E-state index contributed by atoms with van der Waals surface area (Å²) in [6, 6.07) is 0. The molecule has 0 aliphatic heterocycles. The lowest BCUT2D eigenvalue weighted by molar-refractivity contribution is 0.145. The Morgan fingerprint density at radius 2 is 2.08 bits per heavy atom. The monoisotopic (exact) mass is 207 g/mol. The van der Waals surface area contributed by atoms with E-state index in [1.165, 1.54) is 0 Å². The summed E-state index contributed by atoms with van der Waals surface area (Å²) in [5.74, 6) is -0.121. The van der Waals surface area contributed by atoms with Crippen LogP contribution in [0.3, 0.4) is 0 Å². The summed E-state index contributed by atoms with van der Waals surface area (Å²) in [6.45, 7) is 0.